The highest BCUT2D eigenvalue weighted by Gasteiger charge is 2.23. The van der Waals surface area contributed by atoms with Gasteiger partial charge in [0.05, 0.1) is 18.0 Å². The monoisotopic (exact) mass is 401 g/mol. The first-order chi connectivity index (χ1) is 13.4. The van der Waals surface area contributed by atoms with Gasteiger partial charge in [0.1, 0.15) is 11.5 Å². The fourth-order valence-electron chi connectivity index (χ4n) is 3.00. The molecule has 0 amide bonds. The van der Waals surface area contributed by atoms with Crippen molar-refractivity contribution in [3.63, 3.8) is 0 Å². The summed E-state index contributed by atoms with van der Waals surface area (Å²) in [5, 5.41) is 0.579. The SMILES string of the molecule is CCOC(=O)c1[nH]c(C)c(C(=O)CSc2nccn2-c2cccc(F)c2)c1C. The molecule has 0 bridgehead atoms. The van der Waals surface area contributed by atoms with Gasteiger partial charge in [0, 0.05) is 23.7 Å². The molecule has 0 saturated heterocycles. The van der Waals surface area contributed by atoms with E-state index in [-0.39, 0.29) is 24.0 Å². The molecule has 28 heavy (non-hydrogen) atoms. The molecule has 2 heterocycles. The van der Waals surface area contributed by atoms with Crippen LogP contribution < -0.4 is 0 Å². The number of hydrogen-bond donors (Lipinski definition) is 1. The summed E-state index contributed by atoms with van der Waals surface area (Å²) in [6, 6.07) is 6.16. The van der Waals surface area contributed by atoms with Crippen molar-refractivity contribution in [2.24, 2.45) is 0 Å². The van der Waals surface area contributed by atoms with E-state index in [0.717, 1.165) is 0 Å². The van der Waals surface area contributed by atoms with Crippen LogP contribution >= 0.6 is 11.8 Å². The summed E-state index contributed by atoms with van der Waals surface area (Å²) < 4.78 is 20.2. The zero-order valence-electron chi connectivity index (χ0n) is 15.8. The summed E-state index contributed by atoms with van der Waals surface area (Å²) in [7, 11) is 0. The standard InChI is InChI=1S/C20H20FN3O3S/c1-4-27-19(26)18-12(2)17(13(3)23-18)16(25)11-28-20-22-8-9-24(20)15-7-5-6-14(21)10-15/h5-10,23H,4,11H2,1-3H3. The van der Waals surface area contributed by atoms with Crippen molar-refractivity contribution in [2.45, 2.75) is 25.9 Å². The van der Waals surface area contributed by atoms with Crippen molar-refractivity contribution < 1.29 is 18.7 Å². The van der Waals surface area contributed by atoms with Crippen molar-refractivity contribution in [3.05, 3.63) is 65.0 Å². The molecular weight excluding hydrogens is 381 g/mol. The molecule has 3 aromatic rings. The van der Waals surface area contributed by atoms with Crippen LogP contribution in [0.25, 0.3) is 5.69 Å². The molecule has 0 unspecified atom stereocenters. The van der Waals surface area contributed by atoms with Crippen LogP contribution in [0.2, 0.25) is 0 Å². The summed E-state index contributed by atoms with van der Waals surface area (Å²) in [6.07, 6.45) is 3.32. The molecule has 0 aliphatic rings. The average molecular weight is 401 g/mol. The van der Waals surface area contributed by atoms with Crippen LogP contribution in [0.5, 0.6) is 0 Å². The third-order valence-corrected chi connectivity index (χ3v) is 5.19. The number of benzene rings is 1. The van der Waals surface area contributed by atoms with Crippen molar-refractivity contribution in [1.29, 1.82) is 0 Å². The quantitative estimate of drug-likeness (QED) is 0.366. The van der Waals surface area contributed by atoms with E-state index in [1.165, 1.54) is 23.9 Å². The Morgan fingerprint density at radius 2 is 2.11 bits per heavy atom. The minimum atomic E-state index is -0.476. The summed E-state index contributed by atoms with van der Waals surface area (Å²) in [5.74, 6) is -0.811. The number of aromatic nitrogens is 3. The Kier molecular flexibility index (Phi) is 5.99. The summed E-state index contributed by atoms with van der Waals surface area (Å²) in [4.78, 5) is 32.0. The van der Waals surface area contributed by atoms with Gasteiger partial charge in [-0.05, 0) is 44.5 Å². The van der Waals surface area contributed by atoms with E-state index >= 15 is 0 Å². The number of aromatic amines is 1. The predicted molar refractivity (Wildman–Crippen MR) is 105 cm³/mol. The number of nitrogens with zero attached hydrogens (tertiary/aromatic N) is 2. The van der Waals surface area contributed by atoms with E-state index in [0.29, 0.717) is 33.4 Å². The molecule has 0 fully saturated rings. The number of aryl methyl sites for hydroxylation is 1. The fraction of sp³-hybridized carbons (Fsp3) is 0.250. The van der Waals surface area contributed by atoms with Crippen molar-refractivity contribution in [1.82, 2.24) is 14.5 Å². The maximum absolute atomic E-state index is 13.5. The lowest BCUT2D eigenvalue weighted by Gasteiger charge is -2.07. The molecule has 6 nitrogen and oxygen atoms in total. The molecule has 0 spiro atoms. The molecule has 0 aliphatic carbocycles. The molecule has 1 N–H and O–H groups in total. The number of nitrogens with one attached hydrogen (secondary N) is 1. The van der Waals surface area contributed by atoms with E-state index in [1.807, 2.05) is 0 Å². The van der Waals surface area contributed by atoms with Crippen LogP contribution in [0, 0.1) is 19.7 Å². The van der Waals surface area contributed by atoms with Gasteiger partial charge in [-0.1, -0.05) is 17.8 Å². The first kappa shape index (κ1) is 19.9. The minimum absolute atomic E-state index is 0.124. The number of ketones is 1. The lowest BCUT2D eigenvalue weighted by molar-refractivity contribution is 0.0519. The fourth-order valence-corrected chi connectivity index (χ4v) is 3.84. The van der Waals surface area contributed by atoms with E-state index in [9.17, 15) is 14.0 Å². The van der Waals surface area contributed by atoms with Crippen molar-refractivity contribution in [3.8, 4) is 5.69 Å². The predicted octanol–water partition coefficient (Wildman–Crippen LogP) is 4.11. The van der Waals surface area contributed by atoms with Crippen LogP contribution in [0.1, 0.15) is 39.0 Å². The largest absolute Gasteiger partial charge is 0.461 e. The number of esters is 1. The number of hydrogen-bond acceptors (Lipinski definition) is 5. The van der Waals surface area contributed by atoms with Crippen LogP contribution in [-0.2, 0) is 4.74 Å². The number of carbonyl (C=O) groups excluding carboxylic acids is 2. The van der Waals surface area contributed by atoms with Gasteiger partial charge in [0.15, 0.2) is 10.9 Å². The number of ether oxygens (including phenoxy) is 1. The van der Waals surface area contributed by atoms with Gasteiger partial charge in [0.25, 0.3) is 0 Å². The van der Waals surface area contributed by atoms with Gasteiger partial charge in [-0.25, -0.2) is 14.2 Å². The van der Waals surface area contributed by atoms with Crippen LogP contribution in [0.3, 0.4) is 0 Å². The Hall–Kier alpha value is -2.87. The minimum Gasteiger partial charge on any atom is -0.461 e. The lowest BCUT2D eigenvalue weighted by atomic mass is 10.1. The Labute approximate surface area is 166 Å². The molecular formula is C20H20FN3O3S. The highest BCUT2D eigenvalue weighted by molar-refractivity contribution is 7.99. The molecule has 3 rings (SSSR count). The topological polar surface area (TPSA) is 77.0 Å². The van der Waals surface area contributed by atoms with E-state index in [1.54, 1.807) is 49.9 Å². The maximum atomic E-state index is 13.5. The second-order valence-corrected chi connectivity index (χ2v) is 7.06. The second-order valence-electron chi connectivity index (χ2n) is 6.12. The summed E-state index contributed by atoms with van der Waals surface area (Å²) in [6.45, 7) is 5.47. The molecule has 0 saturated carbocycles. The Balaban J connectivity index is 1.78. The van der Waals surface area contributed by atoms with E-state index in [4.69, 9.17) is 4.74 Å². The average Bonchev–Trinajstić information content (AvgIpc) is 3.24. The molecule has 146 valence electrons. The van der Waals surface area contributed by atoms with Crippen LogP contribution in [0.15, 0.2) is 41.8 Å². The van der Waals surface area contributed by atoms with Gasteiger partial charge < -0.3 is 9.72 Å². The van der Waals surface area contributed by atoms with Gasteiger partial charge >= 0.3 is 5.97 Å². The summed E-state index contributed by atoms with van der Waals surface area (Å²) in [5.41, 5.74) is 2.62. The third kappa shape index (κ3) is 4.01. The number of carbonyl (C=O) groups is 2. The normalized spacial score (nSPS) is 10.9. The maximum Gasteiger partial charge on any atom is 0.355 e. The van der Waals surface area contributed by atoms with Crippen molar-refractivity contribution in [2.75, 3.05) is 12.4 Å². The lowest BCUT2D eigenvalue weighted by Crippen LogP contribution is -2.09. The van der Waals surface area contributed by atoms with Gasteiger partial charge in [-0.2, -0.15) is 0 Å². The van der Waals surface area contributed by atoms with Gasteiger partial charge in [-0.15, -0.1) is 0 Å². The number of imidazole rings is 1. The zero-order valence-corrected chi connectivity index (χ0v) is 16.6. The second kappa shape index (κ2) is 8.43. The van der Waals surface area contributed by atoms with Crippen LogP contribution in [-0.4, -0.2) is 38.6 Å². The van der Waals surface area contributed by atoms with E-state index < -0.39 is 5.97 Å². The third-order valence-electron chi connectivity index (χ3n) is 4.22. The van der Waals surface area contributed by atoms with Crippen LogP contribution in [0.4, 0.5) is 4.39 Å². The first-order valence-corrected chi connectivity index (χ1v) is 9.72. The number of rotatable bonds is 7. The molecule has 0 atom stereocenters. The highest BCUT2D eigenvalue weighted by Crippen LogP contribution is 2.25. The Morgan fingerprint density at radius 3 is 2.82 bits per heavy atom. The van der Waals surface area contributed by atoms with Gasteiger partial charge in [0.2, 0.25) is 0 Å². The molecule has 0 radical (unpaired) electrons. The van der Waals surface area contributed by atoms with E-state index in [2.05, 4.69) is 9.97 Å². The highest BCUT2D eigenvalue weighted by atomic mass is 32.2. The van der Waals surface area contributed by atoms with Crippen molar-refractivity contribution >= 4 is 23.5 Å². The first-order valence-electron chi connectivity index (χ1n) is 8.74. The zero-order chi connectivity index (χ0) is 20.3. The number of H-pyrrole nitrogens is 1. The Bertz CT molecular complexity index is 1030. The molecule has 0 aliphatic heterocycles. The summed E-state index contributed by atoms with van der Waals surface area (Å²) >= 11 is 1.25. The number of thioether (sulfide) groups is 1. The molecule has 1 aromatic carbocycles. The molecule has 8 heteroatoms. The molecule has 2 aromatic heterocycles. The Morgan fingerprint density at radius 1 is 1.32 bits per heavy atom. The smallest absolute Gasteiger partial charge is 0.355 e. The number of halogens is 1. The van der Waals surface area contributed by atoms with Gasteiger partial charge in [-0.3, -0.25) is 9.36 Å². The number of Topliss-reactive ketones (excluding diaryl/α,β-unsaturated/α-hetero) is 1.